The Morgan fingerprint density at radius 2 is 2.25 bits per heavy atom. The summed E-state index contributed by atoms with van der Waals surface area (Å²) in [5, 5.41) is 2.50. The summed E-state index contributed by atoms with van der Waals surface area (Å²) in [4.78, 5) is 26.2. The molecule has 0 aromatic heterocycles. The van der Waals surface area contributed by atoms with Gasteiger partial charge in [-0.25, -0.2) is 4.99 Å². The summed E-state index contributed by atoms with van der Waals surface area (Å²) in [6.07, 6.45) is 5.72. The molecule has 16 heavy (non-hydrogen) atoms. The van der Waals surface area contributed by atoms with E-state index in [0.717, 1.165) is 0 Å². The van der Waals surface area contributed by atoms with Crippen LogP contribution in [-0.4, -0.2) is 24.4 Å². The highest BCUT2D eigenvalue weighted by atomic mass is 16.1. The van der Waals surface area contributed by atoms with Gasteiger partial charge in [0.05, 0.1) is 0 Å². The molecule has 1 N–H and O–H groups in total. The van der Waals surface area contributed by atoms with E-state index in [-0.39, 0.29) is 11.7 Å². The average molecular weight is 216 g/mol. The number of carbonyl (C=O) groups excluding carboxylic acids is 2. The van der Waals surface area contributed by atoms with Crippen LogP contribution in [0.3, 0.4) is 0 Å². The van der Waals surface area contributed by atoms with Crippen LogP contribution in [0.25, 0.3) is 0 Å². The Hall–Kier alpha value is -2.15. The van der Waals surface area contributed by atoms with E-state index in [9.17, 15) is 9.59 Å². The van der Waals surface area contributed by atoms with Crippen LogP contribution in [0.4, 0.5) is 0 Å². The fourth-order valence-electron chi connectivity index (χ4n) is 1.08. The van der Waals surface area contributed by atoms with Gasteiger partial charge in [-0.2, -0.15) is 0 Å². The molecule has 0 aliphatic carbocycles. The van der Waals surface area contributed by atoms with Crippen LogP contribution in [0.2, 0.25) is 0 Å². The summed E-state index contributed by atoms with van der Waals surface area (Å²) >= 11 is 0. The number of allylic oxidation sites excluding steroid dienone is 4. The summed E-state index contributed by atoms with van der Waals surface area (Å²) in [6, 6.07) is 0. The standard InChI is InChI=1S/C12H12N2O2/c1-9(15)7-8-10-5-3-4-6-11(14-10)12(16)13-2/h3-5H,6H2,1-2H3,(H,13,16). The zero-order chi connectivity index (χ0) is 12.0. The van der Waals surface area contributed by atoms with E-state index < -0.39 is 0 Å². The Morgan fingerprint density at radius 1 is 1.50 bits per heavy atom. The van der Waals surface area contributed by atoms with Gasteiger partial charge in [-0.15, -0.1) is 0 Å². The lowest BCUT2D eigenvalue weighted by molar-refractivity contribution is -0.114. The molecule has 4 nitrogen and oxygen atoms in total. The van der Waals surface area contributed by atoms with E-state index >= 15 is 0 Å². The van der Waals surface area contributed by atoms with Crippen molar-refractivity contribution in [3.63, 3.8) is 0 Å². The third-order valence-corrected chi connectivity index (χ3v) is 1.81. The molecule has 0 bridgehead atoms. The second-order valence-corrected chi connectivity index (χ2v) is 3.13. The molecule has 0 saturated carbocycles. The predicted octanol–water partition coefficient (Wildman–Crippen LogP) is 0.610. The van der Waals surface area contributed by atoms with Crippen molar-refractivity contribution in [3.05, 3.63) is 23.9 Å². The van der Waals surface area contributed by atoms with Gasteiger partial charge < -0.3 is 5.32 Å². The lowest BCUT2D eigenvalue weighted by atomic mass is 10.2. The zero-order valence-electron chi connectivity index (χ0n) is 9.20. The fraction of sp³-hybridized carbons (Fsp3) is 0.250. The smallest absolute Gasteiger partial charge is 0.265 e. The Morgan fingerprint density at radius 3 is 2.88 bits per heavy atom. The molecule has 0 unspecified atom stereocenters. The average Bonchev–Trinajstić information content (AvgIpc) is 2.50. The first kappa shape index (κ1) is 11.9. The zero-order valence-corrected chi connectivity index (χ0v) is 9.20. The maximum absolute atomic E-state index is 11.4. The lowest BCUT2D eigenvalue weighted by Gasteiger charge is -1.99. The summed E-state index contributed by atoms with van der Waals surface area (Å²) in [6.45, 7) is 1.38. The highest BCUT2D eigenvalue weighted by Gasteiger charge is 2.09. The van der Waals surface area contributed by atoms with Crippen LogP contribution in [0.1, 0.15) is 13.3 Å². The molecule has 0 radical (unpaired) electrons. The quantitative estimate of drug-likeness (QED) is 0.515. The van der Waals surface area contributed by atoms with Crippen LogP contribution in [0.15, 0.2) is 28.9 Å². The minimum absolute atomic E-state index is 0.231. The molecule has 1 amide bonds. The van der Waals surface area contributed by atoms with Crippen LogP contribution >= 0.6 is 0 Å². The number of aliphatic imine (C=N–C) groups is 1. The normalized spacial score (nSPS) is 13.9. The molecule has 1 rings (SSSR count). The highest BCUT2D eigenvalue weighted by molar-refractivity contribution is 6.39. The highest BCUT2D eigenvalue weighted by Crippen LogP contribution is 2.05. The Bertz CT molecular complexity index is 459. The lowest BCUT2D eigenvalue weighted by Crippen LogP contribution is -2.27. The molecule has 4 heteroatoms. The Balaban J connectivity index is 2.97. The van der Waals surface area contributed by atoms with E-state index in [1.807, 2.05) is 6.08 Å². The Labute approximate surface area is 94.1 Å². The number of rotatable bonds is 1. The van der Waals surface area contributed by atoms with Crippen molar-refractivity contribution in [2.45, 2.75) is 13.3 Å². The van der Waals surface area contributed by atoms with Crippen molar-refractivity contribution in [2.24, 2.45) is 4.99 Å². The van der Waals surface area contributed by atoms with Gasteiger partial charge in [-0.3, -0.25) is 9.59 Å². The van der Waals surface area contributed by atoms with E-state index in [1.54, 1.807) is 19.2 Å². The fourth-order valence-corrected chi connectivity index (χ4v) is 1.08. The minimum atomic E-state index is -0.234. The van der Waals surface area contributed by atoms with Gasteiger partial charge in [0.15, 0.2) is 0 Å². The van der Waals surface area contributed by atoms with Gasteiger partial charge in [0, 0.05) is 20.4 Å². The van der Waals surface area contributed by atoms with E-state index in [2.05, 4.69) is 22.2 Å². The minimum Gasteiger partial charge on any atom is -0.354 e. The summed E-state index contributed by atoms with van der Waals surface area (Å²) in [7, 11) is 1.55. The topological polar surface area (TPSA) is 58.5 Å². The second-order valence-electron chi connectivity index (χ2n) is 3.13. The molecule has 0 spiro atoms. The summed E-state index contributed by atoms with van der Waals surface area (Å²) < 4.78 is 0. The molecule has 0 aromatic carbocycles. The number of carbonyl (C=O) groups is 2. The number of ketones is 1. The van der Waals surface area contributed by atoms with Gasteiger partial charge in [-0.1, -0.05) is 12.2 Å². The number of amides is 1. The van der Waals surface area contributed by atoms with E-state index in [0.29, 0.717) is 17.8 Å². The summed E-state index contributed by atoms with van der Waals surface area (Å²) in [5.41, 5.74) is 0.808. The van der Waals surface area contributed by atoms with Crippen LogP contribution in [0.5, 0.6) is 0 Å². The van der Waals surface area contributed by atoms with E-state index in [1.165, 1.54) is 6.92 Å². The third-order valence-electron chi connectivity index (χ3n) is 1.81. The van der Waals surface area contributed by atoms with Crippen molar-refractivity contribution in [1.29, 1.82) is 0 Å². The molecule has 0 atom stereocenters. The van der Waals surface area contributed by atoms with Gasteiger partial charge in [0.2, 0.25) is 5.78 Å². The third kappa shape index (κ3) is 3.54. The van der Waals surface area contributed by atoms with Crippen molar-refractivity contribution in [1.82, 2.24) is 5.32 Å². The second kappa shape index (κ2) is 5.66. The number of hydrogen-bond donors (Lipinski definition) is 1. The van der Waals surface area contributed by atoms with Crippen LogP contribution < -0.4 is 5.32 Å². The molecular formula is C12H12N2O2. The molecule has 1 heterocycles. The molecule has 0 aromatic rings. The van der Waals surface area contributed by atoms with Gasteiger partial charge in [0.1, 0.15) is 11.4 Å². The molecule has 0 fully saturated rings. The van der Waals surface area contributed by atoms with Crippen molar-refractivity contribution < 1.29 is 9.59 Å². The van der Waals surface area contributed by atoms with Crippen LogP contribution in [0, 0.1) is 11.8 Å². The van der Waals surface area contributed by atoms with Crippen LogP contribution in [-0.2, 0) is 9.59 Å². The molecule has 82 valence electrons. The van der Waals surface area contributed by atoms with Crippen molar-refractivity contribution >= 4 is 17.4 Å². The number of hydrogen-bond acceptors (Lipinski definition) is 3. The maximum atomic E-state index is 11.4. The molecule has 1 aliphatic heterocycles. The predicted molar refractivity (Wildman–Crippen MR) is 61.8 cm³/mol. The Kier molecular flexibility index (Phi) is 4.22. The molecular weight excluding hydrogens is 204 g/mol. The number of nitrogens with one attached hydrogen (secondary N) is 1. The number of Topliss-reactive ketones (excluding diaryl/α,β-unsaturated/α-hetero) is 1. The first-order valence-electron chi connectivity index (χ1n) is 4.82. The number of nitrogens with zero attached hydrogens (tertiary/aromatic N) is 1. The SMILES string of the molecule is CNC(=O)C1=NC(C#CC(C)=O)=CC=CC1. The first-order chi connectivity index (χ1) is 7.63. The van der Waals surface area contributed by atoms with Gasteiger partial charge in [-0.05, 0) is 17.9 Å². The van der Waals surface area contributed by atoms with Crippen molar-refractivity contribution in [2.75, 3.05) is 7.05 Å². The van der Waals surface area contributed by atoms with Crippen molar-refractivity contribution in [3.8, 4) is 11.8 Å². The van der Waals surface area contributed by atoms with E-state index in [4.69, 9.17) is 0 Å². The summed E-state index contributed by atoms with van der Waals surface area (Å²) in [5.74, 6) is 4.54. The largest absolute Gasteiger partial charge is 0.354 e. The maximum Gasteiger partial charge on any atom is 0.265 e. The molecule has 1 aliphatic rings. The first-order valence-corrected chi connectivity index (χ1v) is 4.82. The van der Waals surface area contributed by atoms with Gasteiger partial charge in [0.25, 0.3) is 5.91 Å². The molecule has 0 saturated heterocycles. The monoisotopic (exact) mass is 216 g/mol. The van der Waals surface area contributed by atoms with Gasteiger partial charge >= 0.3 is 0 Å².